The highest BCUT2D eigenvalue weighted by Crippen LogP contribution is 2.37. The van der Waals surface area contributed by atoms with E-state index in [9.17, 15) is 4.39 Å². The van der Waals surface area contributed by atoms with E-state index in [0.29, 0.717) is 6.54 Å². The largest absolute Gasteiger partial charge is 0.325 e. The molecule has 0 fully saturated rings. The first-order chi connectivity index (χ1) is 9.28. The predicted octanol–water partition coefficient (Wildman–Crippen LogP) is 4.14. The molecule has 0 atom stereocenters. The second-order valence-electron chi connectivity index (χ2n) is 4.01. The summed E-state index contributed by atoms with van der Waals surface area (Å²) in [6.07, 6.45) is 0. The van der Waals surface area contributed by atoms with Gasteiger partial charge in [-0.3, -0.25) is 0 Å². The van der Waals surface area contributed by atoms with Crippen LogP contribution in [0.1, 0.15) is 5.01 Å². The van der Waals surface area contributed by atoms with Gasteiger partial charge in [0.05, 0.1) is 10.6 Å². The Morgan fingerprint density at radius 1 is 1.11 bits per heavy atom. The van der Waals surface area contributed by atoms with Crippen LogP contribution < -0.4 is 5.73 Å². The zero-order chi connectivity index (χ0) is 13.2. The third-order valence-electron chi connectivity index (χ3n) is 2.75. The number of thiazole rings is 1. The molecule has 0 saturated heterocycles. The lowest BCUT2D eigenvalue weighted by molar-refractivity contribution is 0.628. The quantitative estimate of drug-likeness (QED) is 0.787. The van der Waals surface area contributed by atoms with Crippen LogP contribution in [0.2, 0.25) is 0 Å². The molecular weight excluding hydrogens is 279 g/mol. The average molecular weight is 290 g/mol. The fourth-order valence-electron chi connectivity index (χ4n) is 1.84. The first kappa shape index (κ1) is 12.5. The molecule has 0 amide bonds. The van der Waals surface area contributed by atoms with Gasteiger partial charge in [0.25, 0.3) is 0 Å². The van der Waals surface area contributed by atoms with Gasteiger partial charge in [-0.1, -0.05) is 12.1 Å². The van der Waals surface area contributed by atoms with E-state index < -0.39 is 0 Å². The van der Waals surface area contributed by atoms with Gasteiger partial charge >= 0.3 is 0 Å². The molecule has 0 unspecified atom stereocenters. The average Bonchev–Trinajstić information content (AvgIpc) is 3.08. The molecule has 2 heterocycles. The van der Waals surface area contributed by atoms with Crippen molar-refractivity contribution in [2.75, 3.05) is 0 Å². The van der Waals surface area contributed by atoms with Crippen LogP contribution in [0.4, 0.5) is 4.39 Å². The summed E-state index contributed by atoms with van der Waals surface area (Å²) < 4.78 is 13.0. The standard InChI is InChI=1S/C14H11FN2S2/c15-11-3-1-9(2-4-11)14-13(10-5-6-18-8-10)17-12(7-16)19-14/h1-6,8H,7,16H2. The molecule has 0 bridgehead atoms. The Bertz CT molecular complexity index is 672. The van der Waals surface area contributed by atoms with E-state index in [1.165, 1.54) is 12.1 Å². The topological polar surface area (TPSA) is 38.9 Å². The summed E-state index contributed by atoms with van der Waals surface area (Å²) >= 11 is 3.19. The van der Waals surface area contributed by atoms with Crippen molar-refractivity contribution in [2.45, 2.75) is 6.54 Å². The molecule has 0 aliphatic carbocycles. The summed E-state index contributed by atoms with van der Waals surface area (Å²) in [7, 11) is 0. The van der Waals surface area contributed by atoms with E-state index in [2.05, 4.69) is 10.4 Å². The Labute approximate surface area is 118 Å². The van der Waals surface area contributed by atoms with E-state index in [0.717, 1.165) is 26.7 Å². The lowest BCUT2D eigenvalue weighted by Crippen LogP contribution is -1.94. The monoisotopic (exact) mass is 290 g/mol. The van der Waals surface area contributed by atoms with Gasteiger partial charge in [-0.25, -0.2) is 9.37 Å². The zero-order valence-electron chi connectivity index (χ0n) is 9.97. The van der Waals surface area contributed by atoms with E-state index in [4.69, 9.17) is 5.73 Å². The van der Waals surface area contributed by atoms with E-state index >= 15 is 0 Å². The summed E-state index contributed by atoms with van der Waals surface area (Å²) in [6, 6.07) is 8.52. The normalized spacial score (nSPS) is 10.8. The number of nitrogens with zero attached hydrogens (tertiary/aromatic N) is 1. The van der Waals surface area contributed by atoms with Gasteiger partial charge < -0.3 is 5.73 Å². The van der Waals surface area contributed by atoms with Crippen LogP contribution in [-0.2, 0) is 6.54 Å². The highest BCUT2D eigenvalue weighted by Gasteiger charge is 2.14. The molecule has 2 nitrogen and oxygen atoms in total. The predicted molar refractivity (Wildman–Crippen MR) is 78.7 cm³/mol. The van der Waals surface area contributed by atoms with Crippen LogP contribution >= 0.6 is 22.7 Å². The molecule has 3 rings (SSSR count). The van der Waals surface area contributed by atoms with Gasteiger partial charge in [0.15, 0.2) is 0 Å². The Kier molecular flexibility index (Phi) is 3.42. The SMILES string of the molecule is NCc1nc(-c2ccsc2)c(-c2ccc(F)cc2)s1. The van der Waals surface area contributed by atoms with Crippen LogP contribution in [0.15, 0.2) is 41.1 Å². The van der Waals surface area contributed by atoms with Crippen LogP contribution in [0.5, 0.6) is 0 Å². The summed E-state index contributed by atoms with van der Waals surface area (Å²) in [5.41, 5.74) is 8.66. The van der Waals surface area contributed by atoms with Crippen LogP contribution in [-0.4, -0.2) is 4.98 Å². The van der Waals surface area contributed by atoms with Gasteiger partial charge in [-0.2, -0.15) is 11.3 Å². The van der Waals surface area contributed by atoms with Crippen LogP contribution in [0.3, 0.4) is 0 Å². The van der Waals surface area contributed by atoms with E-state index in [1.807, 2.05) is 11.4 Å². The Morgan fingerprint density at radius 3 is 2.53 bits per heavy atom. The minimum atomic E-state index is -0.232. The van der Waals surface area contributed by atoms with Gasteiger partial charge in [0, 0.05) is 17.5 Å². The molecular formula is C14H11FN2S2. The van der Waals surface area contributed by atoms with Crippen LogP contribution in [0.25, 0.3) is 21.7 Å². The smallest absolute Gasteiger partial charge is 0.123 e. The number of thiophene rings is 1. The maximum Gasteiger partial charge on any atom is 0.123 e. The maximum absolute atomic E-state index is 13.0. The van der Waals surface area contributed by atoms with Gasteiger partial charge in [0.2, 0.25) is 0 Å². The third-order valence-corrected chi connectivity index (χ3v) is 4.56. The number of hydrogen-bond acceptors (Lipinski definition) is 4. The maximum atomic E-state index is 13.0. The molecule has 0 aliphatic rings. The molecule has 3 aromatic rings. The molecule has 0 saturated carbocycles. The number of benzene rings is 1. The molecule has 5 heteroatoms. The molecule has 19 heavy (non-hydrogen) atoms. The van der Waals surface area contributed by atoms with Crippen molar-refractivity contribution in [1.29, 1.82) is 0 Å². The second kappa shape index (κ2) is 5.21. The first-order valence-corrected chi connectivity index (χ1v) is 7.52. The number of aromatic nitrogens is 1. The van der Waals surface area contributed by atoms with Crippen molar-refractivity contribution >= 4 is 22.7 Å². The minimum Gasteiger partial charge on any atom is -0.325 e. The molecule has 0 radical (unpaired) electrons. The van der Waals surface area contributed by atoms with Crippen molar-refractivity contribution < 1.29 is 4.39 Å². The van der Waals surface area contributed by atoms with Gasteiger partial charge in [-0.05, 0) is 29.1 Å². The number of hydrogen-bond donors (Lipinski definition) is 1. The molecule has 2 aromatic heterocycles. The van der Waals surface area contributed by atoms with Crippen molar-refractivity contribution in [3.63, 3.8) is 0 Å². The van der Waals surface area contributed by atoms with E-state index in [-0.39, 0.29) is 5.82 Å². The number of rotatable bonds is 3. The van der Waals surface area contributed by atoms with Crippen molar-refractivity contribution in [3.05, 3.63) is 51.9 Å². The first-order valence-electron chi connectivity index (χ1n) is 5.76. The minimum absolute atomic E-state index is 0.232. The molecule has 1 aromatic carbocycles. The molecule has 96 valence electrons. The third kappa shape index (κ3) is 2.45. The van der Waals surface area contributed by atoms with Gasteiger partial charge in [0.1, 0.15) is 10.8 Å². The van der Waals surface area contributed by atoms with Gasteiger partial charge in [-0.15, -0.1) is 11.3 Å². The summed E-state index contributed by atoms with van der Waals surface area (Å²) in [6.45, 7) is 0.420. The number of nitrogens with two attached hydrogens (primary N) is 1. The molecule has 0 aliphatic heterocycles. The zero-order valence-corrected chi connectivity index (χ0v) is 11.6. The van der Waals surface area contributed by atoms with Crippen molar-refractivity contribution in [2.24, 2.45) is 5.73 Å². The summed E-state index contributed by atoms with van der Waals surface area (Å²) in [4.78, 5) is 5.62. The Hall–Kier alpha value is -1.56. The molecule has 2 N–H and O–H groups in total. The fraction of sp³-hybridized carbons (Fsp3) is 0.0714. The molecule has 0 spiro atoms. The van der Waals surface area contributed by atoms with Crippen molar-refractivity contribution in [1.82, 2.24) is 4.98 Å². The number of halogens is 1. The Balaban J connectivity index is 2.14. The Morgan fingerprint density at radius 2 is 1.89 bits per heavy atom. The van der Waals surface area contributed by atoms with Crippen LogP contribution in [0, 0.1) is 5.82 Å². The summed E-state index contributed by atoms with van der Waals surface area (Å²) in [5, 5.41) is 4.97. The lowest BCUT2D eigenvalue weighted by Gasteiger charge is -2.00. The highest BCUT2D eigenvalue weighted by molar-refractivity contribution is 7.15. The second-order valence-corrected chi connectivity index (χ2v) is 5.87. The van der Waals surface area contributed by atoms with E-state index in [1.54, 1.807) is 34.8 Å². The lowest BCUT2D eigenvalue weighted by atomic mass is 10.1. The van der Waals surface area contributed by atoms with Crippen molar-refractivity contribution in [3.8, 4) is 21.7 Å². The summed E-state index contributed by atoms with van der Waals surface area (Å²) in [5.74, 6) is -0.232. The highest BCUT2D eigenvalue weighted by atomic mass is 32.1. The fourth-order valence-corrected chi connectivity index (χ4v) is 3.45.